The number of rotatable bonds is 2. The molecule has 0 aliphatic heterocycles. The van der Waals surface area contributed by atoms with E-state index in [0.29, 0.717) is 0 Å². The minimum absolute atomic E-state index is 0.0406. The van der Waals surface area contributed by atoms with Crippen molar-refractivity contribution >= 4 is 5.97 Å². The van der Waals surface area contributed by atoms with E-state index < -0.39 is 11.9 Å². The first-order chi connectivity index (χ1) is 6.04. The third kappa shape index (κ3) is 5.05. The molecule has 0 bridgehead atoms. The summed E-state index contributed by atoms with van der Waals surface area (Å²) in [6.07, 6.45) is 3.78. The van der Waals surface area contributed by atoms with Gasteiger partial charge in [-0.2, -0.15) is 0 Å². The van der Waals surface area contributed by atoms with Crippen LogP contribution in [0.2, 0.25) is 0 Å². The van der Waals surface area contributed by atoms with Gasteiger partial charge in [-0.05, 0) is 10.8 Å². The Kier molecular flexibility index (Phi) is 3.92. The van der Waals surface area contributed by atoms with Crippen LogP contribution in [0.4, 0.5) is 0 Å². The first kappa shape index (κ1) is 13.2. The third-order valence-corrected chi connectivity index (χ3v) is 1.99. The fourth-order valence-electron chi connectivity index (χ4n) is 1.13. The predicted molar refractivity (Wildman–Crippen MR) is 59.2 cm³/mol. The van der Waals surface area contributed by atoms with Crippen molar-refractivity contribution in [2.45, 2.75) is 41.5 Å². The summed E-state index contributed by atoms with van der Waals surface area (Å²) < 4.78 is 0. The largest absolute Gasteiger partial charge is 0.481 e. The van der Waals surface area contributed by atoms with Gasteiger partial charge in [0.2, 0.25) is 0 Å². The van der Waals surface area contributed by atoms with Crippen molar-refractivity contribution < 1.29 is 9.90 Å². The number of hydrogen-bond acceptors (Lipinski definition) is 1. The fourth-order valence-corrected chi connectivity index (χ4v) is 1.13. The summed E-state index contributed by atoms with van der Waals surface area (Å²) in [5.74, 6) is -1.17. The first-order valence-electron chi connectivity index (χ1n) is 4.96. The maximum atomic E-state index is 11.0. The molecule has 0 fully saturated rings. The Morgan fingerprint density at radius 3 is 1.79 bits per heavy atom. The normalized spacial score (nSPS) is 15.9. The summed E-state index contributed by atoms with van der Waals surface area (Å²) in [5.41, 5.74) is -0.188. The third-order valence-electron chi connectivity index (χ3n) is 1.99. The van der Waals surface area contributed by atoms with Crippen molar-refractivity contribution in [1.82, 2.24) is 0 Å². The Morgan fingerprint density at radius 1 is 1.14 bits per heavy atom. The zero-order valence-corrected chi connectivity index (χ0v) is 10.1. The molecule has 1 N–H and O–H groups in total. The highest BCUT2D eigenvalue weighted by atomic mass is 16.4. The van der Waals surface area contributed by atoms with E-state index in [1.807, 2.05) is 32.9 Å². The summed E-state index contributed by atoms with van der Waals surface area (Å²) in [6, 6.07) is 0. The quantitative estimate of drug-likeness (QED) is 0.691. The molecule has 0 saturated heterocycles. The number of aliphatic carboxylic acids is 1. The first-order valence-corrected chi connectivity index (χ1v) is 4.96. The predicted octanol–water partition coefficient (Wildman–Crippen LogP) is 3.34. The zero-order valence-electron chi connectivity index (χ0n) is 10.1. The molecule has 0 amide bonds. The SMILES string of the molecule is CC(C)(C)/C=C/C(C(=O)O)C(C)(C)C. The minimum atomic E-state index is -0.752. The fraction of sp³-hybridized carbons (Fsp3) is 0.750. The van der Waals surface area contributed by atoms with Crippen LogP contribution in [0, 0.1) is 16.7 Å². The summed E-state index contributed by atoms with van der Waals surface area (Å²) in [6.45, 7) is 12.0. The second-order valence-electron chi connectivity index (χ2n) is 5.91. The van der Waals surface area contributed by atoms with E-state index in [4.69, 9.17) is 5.11 Å². The Hall–Kier alpha value is -0.790. The maximum absolute atomic E-state index is 11.0. The zero-order chi connectivity index (χ0) is 11.6. The summed E-state index contributed by atoms with van der Waals surface area (Å²) in [5, 5.41) is 9.05. The van der Waals surface area contributed by atoms with Crippen molar-refractivity contribution in [2.75, 3.05) is 0 Å². The molecule has 0 radical (unpaired) electrons. The standard InChI is InChI=1S/C12H22O2/c1-11(2,3)8-7-9(10(13)14)12(4,5)6/h7-9H,1-6H3,(H,13,14)/b8-7+. The Bertz CT molecular complexity index is 226. The van der Waals surface area contributed by atoms with Gasteiger partial charge in [-0.15, -0.1) is 0 Å². The van der Waals surface area contributed by atoms with E-state index in [-0.39, 0.29) is 10.8 Å². The molecule has 0 aliphatic carbocycles. The molecule has 2 heteroatoms. The van der Waals surface area contributed by atoms with Crippen LogP contribution in [0.1, 0.15) is 41.5 Å². The summed E-state index contributed by atoms with van der Waals surface area (Å²) >= 11 is 0. The van der Waals surface area contributed by atoms with Crippen LogP contribution in [-0.4, -0.2) is 11.1 Å². The number of carboxylic acids is 1. The van der Waals surface area contributed by atoms with Crippen molar-refractivity contribution in [3.63, 3.8) is 0 Å². The highest BCUT2D eigenvalue weighted by Crippen LogP contribution is 2.29. The molecule has 82 valence electrons. The number of carbonyl (C=O) groups is 1. The van der Waals surface area contributed by atoms with Gasteiger partial charge >= 0.3 is 5.97 Å². The van der Waals surface area contributed by atoms with Crippen molar-refractivity contribution in [1.29, 1.82) is 0 Å². The Balaban J connectivity index is 4.73. The highest BCUT2D eigenvalue weighted by molar-refractivity contribution is 5.73. The Morgan fingerprint density at radius 2 is 1.57 bits per heavy atom. The van der Waals surface area contributed by atoms with E-state index in [9.17, 15) is 4.79 Å². The average Bonchev–Trinajstić information content (AvgIpc) is 1.79. The van der Waals surface area contributed by atoms with Crippen molar-refractivity contribution in [2.24, 2.45) is 16.7 Å². The van der Waals surface area contributed by atoms with Gasteiger partial charge in [0.05, 0.1) is 5.92 Å². The molecule has 2 nitrogen and oxygen atoms in total. The molecule has 0 saturated carbocycles. The second kappa shape index (κ2) is 4.16. The minimum Gasteiger partial charge on any atom is -0.481 e. The Labute approximate surface area is 87.0 Å². The van der Waals surface area contributed by atoms with Crippen LogP contribution in [0.25, 0.3) is 0 Å². The van der Waals surface area contributed by atoms with Gasteiger partial charge < -0.3 is 5.11 Å². The maximum Gasteiger partial charge on any atom is 0.310 e. The van der Waals surface area contributed by atoms with E-state index in [1.165, 1.54) is 0 Å². The number of carboxylic acid groups (broad SMARTS) is 1. The monoisotopic (exact) mass is 198 g/mol. The summed E-state index contributed by atoms with van der Waals surface area (Å²) in [4.78, 5) is 11.0. The lowest BCUT2D eigenvalue weighted by atomic mass is 9.79. The molecular weight excluding hydrogens is 176 g/mol. The highest BCUT2D eigenvalue weighted by Gasteiger charge is 2.28. The van der Waals surface area contributed by atoms with Crippen LogP contribution in [-0.2, 0) is 4.79 Å². The van der Waals surface area contributed by atoms with E-state index >= 15 is 0 Å². The van der Waals surface area contributed by atoms with Gasteiger partial charge in [-0.1, -0.05) is 53.7 Å². The summed E-state index contributed by atoms with van der Waals surface area (Å²) in [7, 11) is 0. The molecule has 0 heterocycles. The van der Waals surface area contributed by atoms with Crippen LogP contribution < -0.4 is 0 Å². The molecule has 0 aliphatic rings. The number of allylic oxidation sites excluding steroid dienone is 1. The average molecular weight is 198 g/mol. The lowest BCUT2D eigenvalue weighted by Gasteiger charge is -2.25. The molecule has 14 heavy (non-hydrogen) atoms. The van der Waals surface area contributed by atoms with Crippen LogP contribution >= 0.6 is 0 Å². The van der Waals surface area contributed by atoms with Crippen LogP contribution in [0.5, 0.6) is 0 Å². The topological polar surface area (TPSA) is 37.3 Å². The van der Waals surface area contributed by atoms with E-state index in [2.05, 4.69) is 20.8 Å². The van der Waals surface area contributed by atoms with Crippen LogP contribution in [0.3, 0.4) is 0 Å². The van der Waals surface area contributed by atoms with Gasteiger partial charge in [0.15, 0.2) is 0 Å². The smallest absolute Gasteiger partial charge is 0.310 e. The van der Waals surface area contributed by atoms with Gasteiger partial charge in [-0.25, -0.2) is 0 Å². The molecule has 1 unspecified atom stereocenters. The lowest BCUT2D eigenvalue weighted by Crippen LogP contribution is -2.26. The van der Waals surface area contributed by atoms with Gasteiger partial charge in [-0.3, -0.25) is 4.79 Å². The molecule has 0 aromatic rings. The number of hydrogen-bond donors (Lipinski definition) is 1. The molecule has 1 atom stereocenters. The molecule has 0 aromatic heterocycles. The van der Waals surface area contributed by atoms with Gasteiger partial charge in [0, 0.05) is 0 Å². The molecule has 0 rings (SSSR count). The molecule has 0 spiro atoms. The van der Waals surface area contributed by atoms with Gasteiger partial charge in [0.1, 0.15) is 0 Å². The molecular formula is C12H22O2. The van der Waals surface area contributed by atoms with E-state index in [1.54, 1.807) is 0 Å². The molecule has 0 aromatic carbocycles. The van der Waals surface area contributed by atoms with Gasteiger partial charge in [0.25, 0.3) is 0 Å². The second-order valence-corrected chi connectivity index (χ2v) is 5.91. The lowest BCUT2D eigenvalue weighted by molar-refractivity contribution is -0.143. The van der Waals surface area contributed by atoms with Crippen molar-refractivity contribution in [3.8, 4) is 0 Å². The van der Waals surface area contributed by atoms with Crippen LogP contribution in [0.15, 0.2) is 12.2 Å². The van der Waals surface area contributed by atoms with E-state index in [0.717, 1.165) is 0 Å². The van der Waals surface area contributed by atoms with Crippen molar-refractivity contribution in [3.05, 3.63) is 12.2 Å².